The molecule has 1 fully saturated rings. The second-order valence-electron chi connectivity index (χ2n) is 6.20. The average molecular weight is 363 g/mol. The molecule has 1 aromatic heterocycles. The largest absolute Gasteiger partial charge is 0.383 e. The van der Waals surface area contributed by atoms with Gasteiger partial charge in [-0.15, -0.1) is 0 Å². The lowest BCUT2D eigenvalue weighted by Crippen LogP contribution is -2.39. The molecule has 0 aliphatic carbocycles. The number of anilines is 1. The van der Waals surface area contributed by atoms with Gasteiger partial charge in [-0.2, -0.15) is 5.10 Å². The van der Waals surface area contributed by atoms with Crippen molar-refractivity contribution >= 4 is 23.3 Å². The van der Waals surface area contributed by atoms with Crippen LogP contribution >= 0.6 is 11.6 Å². The highest BCUT2D eigenvalue weighted by Gasteiger charge is 2.29. The summed E-state index contributed by atoms with van der Waals surface area (Å²) in [7, 11) is 1.65. The number of ether oxygens (including phenoxy) is 1. The Bertz CT molecular complexity index is 719. The summed E-state index contributed by atoms with van der Waals surface area (Å²) in [6, 6.07) is 7.91. The van der Waals surface area contributed by atoms with Crippen LogP contribution in [0.15, 0.2) is 36.7 Å². The van der Waals surface area contributed by atoms with Gasteiger partial charge in [0.15, 0.2) is 0 Å². The lowest BCUT2D eigenvalue weighted by atomic mass is 10.0. The van der Waals surface area contributed by atoms with Gasteiger partial charge in [-0.1, -0.05) is 29.8 Å². The maximum absolute atomic E-state index is 12.6. The molecule has 3 rings (SSSR count). The molecule has 2 aromatic rings. The maximum Gasteiger partial charge on any atom is 0.322 e. The van der Waals surface area contributed by atoms with Crippen molar-refractivity contribution in [2.75, 3.05) is 25.6 Å². The molecule has 1 saturated heterocycles. The Kier molecular flexibility index (Phi) is 5.94. The van der Waals surface area contributed by atoms with Gasteiger partial charge >= 0.3 is 6.03 Å². The first-order valence-corrected chi connectivity index (χ1v) is 8.87. The van der Waals surface area contributed by atoms with Crippen molar-refractivity contribution in [2.24, 2.45) is 0 Å². The molecule has 0 spiro atoms. The average Bonchev–Trinajstić information content (AvgIpc) is 3.24. The lowest BCUT2D eigenvalue weighted by Gasteiger charge is -2.25. The monoisotopic (exact) mass is 362 g/mol. The number of amides is 2. The molecule has 25 heavy (non-hydrogen) atoms. The highest BCUT2D eigenvalue weighted by atomic mass is 35.5. The van der Waals surface area contributed by atoms with E-state index in [0.717, 1.165) is 36.4 Å². The van der Waals surface area contributed by atoms with Gasteiger partial charge in [0.05, 0.1) is 25.0 Å². The number of carbonyl (C=O) groups is 1. The Morgan fingerprint density at radius 1 is 1.44 bits per heavy atom. The Balaban J connectivity index is 1.60. The number of benzene rings is 1. The second kappa shape index (κ2) is 8.36. The highest BCUT2D eigenvalue weighted by Crippen LogP contribution is 2.25. The minimum Gasteiger partial charge on any atom is -0.383 e. The fourth-order valence-corrected chi connectivity index (χ4v) is 3.38. The number of nitrogens with zero attached hydrogens (tertiary/aromatic N) is 3. The second-order valence-corrected chi connectivity index (χ2v) is 6.61. The number of halogens is 1. The summed E-state index contributed by atoms with van der Waals surface area (Å²) in [4.78, 5) is 14.5. The minimum absolute atomic E-state index is 0.0826. The number of hydrogen-bond acceptors (Lipinski definition) is 3. The summed E-state index contributed by atoms with van der Waals surface area (Å²) >= 11 is 6.26. The van der Waals surface area contributed by atoms with E-state index in [1.54, 1.807) is 18.0 Å². The normalized spacial score (nSPS) is 17.0. The van der Waals surface area contributed by atoms with Crippen LogP contribution in [-0.2, 0) is 17.7 Å². The van der Waals surface area contributed by atoms with E-state index in [2.05, 4.69) is 10.4 Å². The lowest BCUT2D eigenvalue weighted by molar-refractivity contribution is 0.183. The van der Waals surface area contributed by atoms with Crippen LogP contribution in [0.4, 0.5) is 10.5 Å². The summed E-state index contributed by atoms with van der Waals surface area (Å²) in [5.74, 6) is 0. The Morgan fingerprint density at radius 2 is 2.28 bits per heavy atom. The van der Waals surface area contributed by atoms with Crippen LogP contribution in [-0.4, -0.2) is 47.0 Å². The van der Waals surface area contributed by atoms with Crippen molar-refractivity contribution in [3.8, 4) is 0 Å². The molecule has 0 radical (unpaired) electrons. The molecule has 1 aliphatic heterocycles. The van der Waals surface area contributed by atoms with Crippen molar-refractivity contribution in [3.05, 3.63) is 47.2 Å². The number of carbonyl (C=O) groups excluding carboxylic acids is 1. The summed E-state index contributed by atoms with van der Waals surface area (Å²) in [5, 5.41) is 7.92. The third kappa shape index (κ3) is 4.52. The summed E-state index contributed by atoms with van der Waals surface area (Å²) in [5.41, 5.74) is 1.78. The van der Waals surface area contributed by atoms with Crippen LogP contribution in [0.25, 0.3) is 0 Å². The molecule has 1 aliphatic rings. The zero-order valence-corrected chi connectivity index (χ0v) is 15.1. The van der Waals surface area contributed by atoms with E-state index >= 15 is 0 Å². The highest BCUT2D eigenvalue weighted by molar-refractivity contribution is 6.31. The first-order chi connectivity index (χ1) is 12.2. The smallest absolute Gasteiger partial charge is 0.322 e. The fraction of sp³-hybridized carbons (Fsp3) is 0.444. The van der Waals surface area contributed by atoms with Crippen LogP contribution in [0.2, 0.25) is 5.02 Å². The van der Waals surface area contributed by atoms with Gasteiger partial charge in [0.2, 0.25) is 0 Å². The third-order valence-electron chi connectivity index (χ3n) is 4.46. The molecule has 7 heteroatoms. The van der Waals surface area contributed by atoms with E-state index in [9.17, 15) is 4.79 Å². The van der Waals surface area contributed by atoms with Gasteiger partial charge in [-0.25, -0.2) is 4.79 Å². The van der Waals surface area contributed by atoms with E-state index in [1.807, 2.05) is 35.4 Å². The first-order valence-electron chi connectivity index (χ1n) is 8.50. The quantitative estimate of drug-likeness (QED) is 0.856. The molecular weight excluding hydrogens is 340 g/mol. The van der Waals surface area contributed by atoms with Crippen LogP contribution in [0.5, 0.6) is 0 Å². The molecule has 1 aromatic carbocycles. The predicted octanol–water partition coefficient (Wildman–Crippen LogP) is 3.42. The van der Waals surface area contributed by atoms with Crippen molar-refractivity contribution in [1.29, 1.82) is 0 Å². The van der Waals surface area contributed by atoms with E-state index < -0.39 is 0 Å². The van der Waals surface area contributed by atoms with Gasteiger partial charge in [0.25, 0.3) is 0 Å². The number of nitrogens with one attached hydrogen (secondary N) is 1. The van der Waals surface area contributed by atoms with Crippen LogP contribution < -0.4 is 5.32 Å². The van der Waals surface area contributed by atoms with Crippen molar-refractivity contribution in [3.63, 3.8) is 0 Å². The number of likely N-dealkylation sites (tertiary alicyclic amines) is 1. The Labute approximate surface area is 152 Å². The predicted molar refractivity (Wildman–Crippen MR) is 98.0 cm³/mol. The van der Waals surface area contributed by atoms with Crippen LogP contribution in [0.1, 0.15) is 18.4 Å². The van der Waals surface area contributed by atoms with Gasteiger partial charge in [0.1, 0.15) is 0 Å². The van der Waals surface area contributed by atoms with Crippen LogP contribution in [0, 0.1) is 0 Å². The van der Waals surface area contributed by atoms with Gasteiger partial charge < -0.3 is 15.0 Å². The third-order valence-corrected chi connectivity index (χ3v) is 4.83. The standard InChI is InChI=1S/C18H23ClN4O2/c1-25-10-9-22-13-15(12-20-22)21-18(24)23-8-4-6-16(23)11-14-5-2-3-7-17(14)19/h2-3,5,7,12-13,16H,4,6,8-11H2,1H3,(H,21,24). The molecule has 1 atom stereocenters. The number of urea groups is 1. The SMILES string of the molecule is COCCn1cc(NC(=O)N2CCCC2Cc2ccccc2Cl)cn1. The van der Waals surface area contributed by atoms with Crippen molar-refractivity contribution in [2.45, 2.75) is 31.8 Å². The number of methoxy groups -OCH3 is 1. The van der Waals surface area contributed by atoms with Crippen molar-refractivity contribution < 1.29 is 9.53 Å². The Hall–Kier alpha value is -2.05. The van der Waals surface area contributed by atoms with Crippen molar-refractivity contribution in [1.82, 2.24) is 14.7 Å². The molecule has 134 valence electrons. The van der Waals surface area contributed by atoms with Gasteiger partial charge in [-0.05, 0) is 30.9 Å². The zero-order chi connectivity index (χ0) is 17.6. The molecule has 0 bridgehead atoms. The number of hydrogen-bond donors (Lipinski definition) is 1. The Morgan fingerprint density at radius 3 is 3.08 bits per heavy atom. The molecule has 0 saturated carbocycles. The molecule has 1 unspecified atom stereocenters. The molecular formula is C18H23ClN4O2. The van der Waals surface area contributed by atoms with E-state index in [4.69, 9.17) is 16.3 Å². The van der Waals surface area contributed by atoms with Crippen LogP contribution in [0.3, 0.4) is 0 Å². The zero-order valence-electron chi connectivity index (χ0n) is 14.3. The topological polar surface area (TPSA) is 59.4 Å². The maximum atomic E-state index is 12.6. The summed E-state index contributed by atoms with van der Waals surface area (Å²) in [6.45, 7) is 2.01. The minimum atomic E-state index is -0.0826. The van der Waals surface area contributed by atoms with E-state index in [0.29, 0.717) is 18.8 Å². The van der Waals surface area contributed by atoms with E-state index in [-0.39, 0.29) is 12.1 Å². The molecule has 6 nitrogen and oxygen atoms in total. The number of aromatic nitrogens is 2. The molecule has 1 N–H and O–H groups in total. The van der Waals surface area contributed by atoms with Gasteiger partial charge in [0, 0.05) is 30.9 Å². The summed E-state index contributed by atoms with van der Waals surface area (Å²) < 4.78 is 6.78. The van der Waals surface area contributed by atoms with E-state index in [1.165, 1.54) is 0 Å². The molecule has 2 amide bonds. The fourth-order valence-electron chi connectivity index (χ4n) is 3.16. The summed E-state index contributed by atoms with van der Waals surface area (Å²) in [6.07, 6.45) is 6.25. The van der Waals surface area contributed by atoms with Gasteiger partial charge in [-0.3, -0.25) is 4.68 Å². The molecule has 2 heterocycles. The first kappa shape index (κ1) is 17.8. The number of rotatable bonds is 6.